The third-order valence-electron chi connectivity index (χ3n) is 4.78. The molecule has 1 aliphatic rings. The molecule has 0 bridgehead atoms. The summed E-state index contributed by atoms with van der Waals surface area (Å²) in [4.78, 5) is 19.9. The van der Waals surface area contributed by atoms with Crippen LogP contribution in [-0.2, 0) is 14.8 Å². The maximum Gasteiger partial charge on any atom is 0.232 e. The summed E-state index contributed by atoms with van der Waals surface area (Å²) in [5.41, 5.74) is 4.03. The van der Waals surface area contributed by atoms with E-state index in [1.165, 1.54) is 0 Å². The summed E-state index contributed by atoms with van der Waals surface area (Å²) in [6.45, 7) is 3.55. The van der Waals surface area contributed by atoms with Gasteiger partial charge in [0.25, 0.3) is 0 Å². The van der Waals surface area contributed by atoms with E-state index in [1.54, 1.807) is 19.1 Å². The molecule has 0 atom stereocenters. The minimum absolute atomic E-state index is 0.00500. The number of nitrogens with one attached hydrogen (secondary N) is 3. The molecule has 7 nitrogen and oxygen atoms in total. The highest BCUT2D eigenvalue weighted by Crippen LogP contribution is 2.33. The summed E-state index contributed by atoms with van der Waals surface area (Å²) < 4.78 is 26.0. The third-order valence-corrected chi connectivity index (χ3v) is 6.09. The molecule has 1 aliphatic carbocycles. The number of hydrogen-bond acceptors (Lipinski definition) is 4. The van der Waals surface area contributed by atoms with Crippen LogP contribution in [0.2, 0.25) is 0 Å². The molecule has 0 radical (unpaired) electrons. The van der Waals surface area contributed by atoms with Gasteiger partial charge in [0.1, 0.15) is 11.5 Å². The number of aromatic nitrogens is 2. The van der Waals surface area contributed by atoms with Crippen molar-refractivity contribution in [2.45, 2.75) is 26.7 Å². The Balaban J connectivity index is 1.71. The zero-order valence-electron chi connectivity index (χ0n) is 15.7. The molecular weight excluding hydrogens is 376 g/mol. The van der Waals surface area contributed by atoms with Gasteiger partial charge in [0.2, 0.25) is 15.9 Å². The smallest absolute Gasteiger partial charge is 0.232 e. The van der Waals surface area contributed by atoms with Gasteiger partial charge < -0.3 is 10.3 Å². The highest BCUT2D eigenvalue weighted by molar-refractivity contribution is 7.92. The van der Waals surface area contributed by atoms with E-state index < -0.39 is 10.0 Å². The van der Waals surface area contributed by atoms with E-state index in [9.17, 15) is 13.2 Å². The average molecular weight is 398 g/mol. The fourth-order valence-electron chi connectivity index (χ4n) is 3.08. The number of pyridine rings is 1. The van der Waals surface area contributed by atoms with Crippen molar-refractivity contribution in [2.75, 3.05) is 15.8 Å². The first-order chi connectivity index (χ1) is 13.3. The van der Waals surface area contributed by atoms with Gasteiger partial charge in [0.15, 0.2) is 0 Å². The van der Waals surface area contributed by atoms with E-state index in [0.29, 0.717) is 17.2 Å². The van der Waals surface area contributed by atoms with Crippen LogP contribution in [0, 0.1) is 12.8 Å². The Labute approximate surface area is 163 Å². The predicted molar refractivity (Wildman–Crippen MR) is 111 cm³/mol. The van der Waals surface area contributed by atoms with Crippen LogP contribution in [0.25, 0.3) is 22.2 Å². The van der Waals surface area contributed by atoms with Crippen molar-refractivity contribution in [2.24, 2.45) is 5.92 Å². The number of H-pyrrole nitrogens is 1. The van der Waals surface area contributed by atoms with Gasteiger partial charge in [-0.1, -0.05) is 12.1 Å². The second-order valence-electron chi connectivity index (χ2n) is 7.12. The van der Waals surface area contributed by atoms with Crippen molar-refractivity contribution >= 4 is 38.5 Å². The Bertz CT molecular complexity index is 1150. The fourth-order valence-corrected chi connectivity index (χ4v) is 3.72. The molecule has 0 spiro atoms. The molecule has 146 valence electrons. The molecule has 2 heterocycles. The summed E-state index contributed by atoms with van der Waals surface area (Å²) in [6.07, 6.45) is 1.86. The third kappa shape index (κ3) is 3.87. The fraction of sp³-hybridized carbons (Fsp3) is 0.300. The zero-order valence-corrected chi connectivity index (χ0v) is 16.6. The van der Waals surface area contributed by atoms with Gasteiger partial charge in [-0.15, -0.1) is 0 Å². The standard InChI is InChI=1S/C20H22N4O3S/c1-3-28(26,27)24-15-8-6-13(7-9-15)16-11-18(23-20(25)14-4-5-14)22-19-17(16)10-12(2)21-19/h6-11,14,24H,3-5H2,1-2H3,(H2,21,22,23,25). The molecule has 2 aromatic heterocycles. The normalized spacial score (nSPS) is 14.2. The molecule has 1 aromatic carbocycles. The lowest BCUT2D eigenvalue weighted by molar-refractivity contribution is -0.117. The molecule has 1 amide bonds. The number of rotatable bonds is 6. The van der Waals surface area contributed by atoms with Crippen LogP contribution < -0.4 is 10.0 Å². The molecule has 3 N–H and O–H groups in total. The minimum Gasteiger partial charge on any atom is -0.343 e. The molecular formula is C20H22N4O3S. The van der Waals surface area contributed by atoms with Gasteiger partial charge >= 0.3 is 0 Å². The summed E-state index contributed by atoms with van der Waals surface area (Å²) in [7, 11) is -3.32. The number of anilines is 2. The van der Waals surface area contributed by atoms with Crippen LogP contribution in [0.4, 0.5) is 11.5 Å². The van der Waals surface area contributed by atoms with Crippen molar-refractivity contribution in [1.29, 1.82) is 0 Å². The van der Waals surface area contributed by atoms with E-state index >= 15 is 0 Å². The van der Waals surface area contributed by atoms with Crippen LogP contribution in [0.1, 0.15) is 25.5 Å². The molecule has 8 heteroatoms. The molecule has 0 saturated heterocycles. The van der Waals surface area contributed by atoms with Crippen LogP contribution in [0.5, 0.6) is 0 Å². The van der Waals surface area contributed by atoms with Gasteiger partial charge in [-0.3, -0.25) is 9.52 Å². The Morgan fingerprint density at radius 3 is 2.57 bits per heavy atom. The van der Waals surface area contributed by atoms with Gasteiger partial charge in [-0.05, 0) is 62.1 Å². The number of benzene rings is 1. The van der Waals surface area contributed by atoms with Crippen LogP contribution in [0.3, 0.4) is 0 Å². The van der Waals surface area contributed by atoms with Crippen molar-refractivity contribution in [3.05, 3.63) is 42.1 Å². The summed E-state index contributed by atoms with van der Waals surface area (Å²) in [6, 6.07) is 11.1. The largest absolute Gasteiger partial charge is 0.343 e. The quantitative estimate of drug-likeness (QED) is 0.589. The minimum atomic E-state index is -3.32. The van der Waals surface area contributed by atoms with E-state index in [2.05, 4.69) is 20.0 Å². The number of fused-ring (bicyclic) bond motifs is 1. The van der Waals surface area contributed by atoms with Crippen molar-refractivity contribution in [3.63, 3.8) is 0 Å². The number of nitrogens with zero attached hydrogens (tertiary/aromatic N) is 1. The van der Waals surface area contributed by atoms with Crippen molar-refractivity contribution in [1.82, 2.24) is 9.97 Å². The monoisotopic (exact) mass is 398 g/mol. The maximum absolute atomic E-state index is 12.1. The number of sulfonamides is 1. The second-order valence-corrected chi connectivity index (χ2v) is 9.13. The van der Waals surface area contributed by atoms with Crippen LogP contribution in [0.15, 0.2) is 36.4 Å². The van der Waals surface area contributed by atoms with Gasteiger partial charge in [-0.2, -0.15) is 0 Å². The number of aryl methyl sites for hydroxylation is 1. The Kier molecular flexibility index (Phi) is 4.58. The highest BCUT2D eigenvalue weighted by atomic mass is 32.2. The molecule has 4 rings (SSSR count). The number of amides is 1. The lowest BCUT2D eigenvalue weighted by Gasteiger charge is -2.10. The van der Waals surface area contributed by atoms with Gasteiger partial charge in [-0.25, -0.2) is 13.4 Å². The lowest BCUT2D eigenvalue weighted by Crippen LogP contribution is -2.14. The number of carbonyl (C=O) groups is 1. The van der Waals surface area contributed by atoms with E-state index in [-0.39, 0.29) is 17.6 Å². The van der Waals surface area contributed by atoms with Gasteiger partial charge in [0, 0.05) is 22.7 Å². The Morgan fingerprint density at radius 2 is 1.93 bits per heavy atom. The number of carbonyl (C=O) groups excluding carboxylic acids is 1. The van der Waals surface area contributed by atoms with Crippen LogP contribution >= 0.6 is 0 Å². The highest BCUT2D eigenvalue weighted by Gasteiger charge is 2.30. The zero-order chi connectivity index (χ0) is 19.9. The first-order valence-electron chi connectivity index (χ1n) is 9.27. The first-order valence-corrected chi connectivity index (χ1v) is 10.9. The topological polar surface area (TPSA) is 104 Å². The molecule has 0 aliphatic heterocycles. The second kappa shape index (κ2) is 6.94. The Morgan fingerprint density at radius 1 is 1.21 bits per heavy atom. The molecule has 3 aromatic rings. The maximum atomic E-state index is 12.1. The van der Waals surface area contributed by atoms with E-state index in [0.717, 1.165) is 35.0 Å². The number of hydrogen-bond donors (Lipinski definition) is 3. The summed E-state index contributed by atoms with van der Waals surface area (Å²) in [5, 5.41) is 3.85. The first kappa shape index (κ1) is 18.5. The lowest BCUT2D eigenvalue weighted by atomic mass is 10.0. The van der Waals surface area contributed by atoms with Crippen molar-refractivity contribution < 1.29 is 13.2 Å². The molecule has 0 unspecified atom stereocenters. The summed E-state index contributed by atoms with van der Waals surface area (Å²) >= 11 is 0. The Hall–Kier alpha value is -2.87. The SMILES string of the molecule is CCS(=O)(=O)Nc1ccc(-c2cc(NC(=O)C3CC3)nc3[nH]c(C)cc23)cc1. The molecule has 28 heavy (non-hydrogen) atoms. The predicted octanol–water partition coefficient (Wildman–Crippen LogP) is 3.65. The average Bonchev–Trinajstić information content (AvgIpc) is 3.43. The van der Waals surface area contributed by atoms with E-state index in [4.69, 9.17) is 0 Å². The number of aromatic amines is 1. The molecule has 1 saturated carbocycles. The van der Waals surface area contributed by atoms with Crippen molar-refractivity contribution in [3.8, 4) is 11.1 Å². The van der Waals surface area contributed by atoms with Gasteiger partial charge in [0.05, 0.1) is 5.75 Å². The molecule has 1 fully saturated rings. The van der Waals surface area contributed by atoms with E-state index in [1.807, 2.05) is 31.2 Å². The van der Waals surface area contributed by atoms with Crippen LogP contribution in [-0.4, -0.2) is 30.0 Å². The summed E-state index contributed by atoms with van der Waals surface area (Å²) in [5.74, 6) is 0.631.